The molecule has 0 fully saturated rings. The number of rotatable bonds is 12. The number of carboxylic acid groups (broad SMARTS) is 1. The monoisotopic (exact) mass is 409 g/mol. The minimum atomic E-state index is -0.971. The average Bonchev–Trinajstić information content (AvgIpc) is 2.64. The second-order valence-electron chi connectivity index (χ2n) is 7.98. The van der Waals surface area contributed by atoms with E-state index >= 15 is 0 Å². The van der Waals surface area contributed by atoms with E-state index in [4.69, 9.17) is 14.2 Å². The van der Waals surface area contributed by atoms with Crippen LogP contribution in [0.2, 0.25) is 0 Å². The van der Waals surface area contributed by atoms with Gasteiger partial charge in [0.15, 0.2) is 6.10 Å². The summed E-state index contributed by atoms with van der Waals surface area (Å²) in [6, 6.07) is 7.24. The highest BCUT2D eigenvalue weighted by molar-refractivity contribution is 5.72. The smallest absolute Gasteiger partial charge is 0.409 e. The van der Waals surface area contributed by atoms with Gasteiger partial charge in [0.1, 0.15) is 12.4 Å². The van der Waals surface area contributed by atoms with E-state index in [0.29, 0.717) is 45.1 Å². The summed E-state index contributed by atoms with van der Waals surface area (Å²) >= 11 is 0. The second-order valence-corrected chi connectivity index (χ2v) is 7.98. The molecule has 1 aromatic carbocycles. The number of hydrogen-bond acceptors (Lipinski definition) is 5. The molecule has 0 radical (unpaired) electrons. The minimum absolute atomic E-state index is 0.122. The van der Waals surface area contributed by atoms with Crippen LogP contribution in [0.3, 0.4) is 0 Å². The molecule has 7 nitrogen and oxygen atoms in total. The Morgan fingerprint density at radius 1 is 1.07 bits per heavy atom. The summed E-state index contributed by atoms with van der Waals surface area (Å²) < 4.78 is 16.1. The molecule has 0 spiro atoms. The van der Waals surface area contributed by atoms with Gasteiger partial charge in [-0.15, -0.1) is 0 Å². The van der Waals surface area contributed by atoms with Gasteiger partial charge in [-0.25, -0.2) is 9.59 Å². The van der Waals surface area contributed by atoms with Crippen molar-refractivity contribution in [2.24, 2.45) is 5.41 Å². The summed E-state index contributed by atoms with van der Waals surface area (Å²) in [5, 5.41) is 9.17. The number of amides is 1. The van der Waals surface area contributed by atoms with Crippen molar-refractivity contribution in [2.75, 3.05) is 32.9 Å². The van der Waals surface area contributed by atoms with Gasteiger partial charge < -0.3 is 24.2 Å². The van der Waals surface area contributed by atoms with Crippen LogP contribution in [0.15, 0.2) is 24.3 Å². The zero-order valence-electron chi connectivity index (χ0n) is 18.3. The molecule has 0 aliphatic carbocycles. The lowest BCUT2D eigenvalue weighted by molar-refractivity contribution is -0.149. The van der Waals surface area contributed by atoms with E-state index in [0.717, 1.165) is 12.0 Å². The van der Waals surface area contributed by atoms with Gasteiger partial charge in [-0.2, -0.15) is 0 Å². The summed E-state index contributed by atoms with van der Waals surface area (Å²) in [6.07, 6.45) is -0.0168. The molecule has 7 heteroatoms. The van der Waals surface area contributed by atoms with Crippen LogP contribution >= 0.6 is 0 Å². The van der Waals surface area contributed by atoms with Crippen LogP contribution in [-0.4, -0.2) is 61.1 Å². The fraction of sp³-hybridized carbons (Fsp3) is 0.636. The Balaban J connectivity index is 2.57. The molecule has 0 saturated carbocycles. The van der Waals surface area contributed by atoms with Crippen LogP contribution in [-0.2, 0) is 20.7 Å². The molecule has 0 heterocycles. The molecule has 29 heavy (non-hydrogen) atoms. The van der Waals surface area contributed by atoms with Crippen LogP contribution in [0.5, 0.6) is 5.75 Å². The number of nitrogens with zero attached hydrogens (tertiary/aromatic N) is 1. The number of benzene rings is 1. The van der Waals surface area contributed by atoms with Crippen LogP contribution in [0.1, 0.15) is 46.6 Å². The normalized spacial score (nSPS) is 12.3. The van der Waals surface area contributed by atoms with Crippen LogP contribution in [0.4, 0.5) is 4.79 Å². The standard InChI is InChI=1S/C22H35NO6/c1-6-27-19(20(24)25)16-17-8-10-18(11-9-17)29-15-14-23(21(26)28-7-2)13-12-22(3,4)5/h8-11,19H,6-7,12-16H2,1-5H3,(H,24,25). The molecule has 0 saturated heterocycles. The fourth-order valence-electron chi connectivity index (χ4n) is 2.61. The van der Waals surface area contributed by atoms with E-state index < -0.39 is 12.1 Å². The van der Waals surface area contributed by atoms with Crippen molar-refractivity contribution >= 4 is 12.1 Å². The molecule has 164 valence electrons. The van der Waals surface area contributed by atoms with Gasteiger partial charge in [0, 0.05) is 19.6 Å². The van der Waals surface area contributed by atoms with E-state index in [9.17, 15) is 14.7 Å². The van der Waals surface area contributed by atoms with Crippen LogP contribution in [0.25, 0.3) is 0 Å². The molecule has 1 amide bonds. The molecular weight excluding hydrogens is 374 g/mol. The summed E-state index contributed by atoms with van der Waals surface area (Å²) in [5.41, 5.74) is 0.980. The predicted octanol–water partition coefficient (Wildman–Crippen LogP) is 3.99. The Kier molecular flexibility index (Phi) is 10.5. The third kappa shape index (κ3) is 10.2. The fourth-order valence-corrected chi connectivity index (χ4v) is 2.61. The number of hydrogen-bond donors (Lipinski definition) is 1. The van der Waals surface area contributed by atoms with Crippen molar-refractivity contribution in [1.29, 1.82) is 0 Å². The largest absolute Gasteiger partial charge is 0.492 e. The van der Waals surface area contributed by atoms with E-state index in [1.165, 1.54) is 0 Å². The Labute approximate surface area is 173 Å². The Bertz CT molecular complexity index is 623. The Morgan fingerprint density at radius 2 is 1.72 bits per heavy atom. The average molecular weight is 410 g/mol. The molecule has 1 aromatic rings. The molecular formula is C22H35NO6. The highest BCUT2D eigenvalue weighted by atomic mass is 16.6. The minimum Gasteiger partial charge on any atom is -0.492 e. The van der Waals surface area contributed by atoms with Crippen molar-refractivity contribution in [3.63, 3.8) is 0 Å². The summed E-state index contributed by atoms with van der Waals surface area (Å²) in [4.78, 5) is 25.0. The topological polar surface area (TPSA) is 85.3 Å². The van der Waals surface area contributed by atoms with Gasteiger partial charge in [-0.1, -0.05) is 32.9 Å². The second kappa shape index (κ2) is 12.3. The maximum Gasteiger partial charge on any atom is 0.409 e. The SMILES string of the molecule is CCOC(=O)N(CCOc1ccc(CC(OCC)C(=O)O)cc1)CCC(C)(C)C. The number of aliphatic carboxylic acids is 1. The Hall–Kier alpha value is -2.28. The van der Waals surface area contributed by atoms with Crippen molar-refractivity contribution < 1.29 is 28.9 Å². The van der Waals surface area contributed by atoms with Gasteiger partial charge in [0.2, 0.25) is 0 Å². The zero-order chi connectivity index (χ0) is 21.9. The lowest BCUT2D eigenvalue weighted by Gasteiger charge is -2.26. The predicted molar refractivity (Wildman–Crippen MR) is 111 cm³/mol. The van der Waals surface area contributed by atoms with Gasteiger partial charge in [-0.3, -0.25) is 0 Å². The first kappa shape index (κ1) is 24.8. The Morgan fingerprint density at radius 3 is 2.24 bits per heavy atom. The maximum atomic E-state index is 12.1. The first-order valence-electron chi connectivity index (χ1n) is 10.1. The van der Waals surface area contributed by atoms with E-state index in [2.05, 4.69) is 20.8 Å². The van der Waals surface area contributed by atoms with Crippen LogP contribution in [0, 0.1) is 5.41 Å². The number of carboxylic acids is 1. The lowest BCUT2D eigenvalue weighted by atomic mass is 9.92. The first-order valence-corrected chi connectivity index (χ1v) is 10.1. The summed E-state index contributed by atoms with van der Waals surface area (Å²) in [7, 11) is 0. The van der Waals surface area contributed by atoms with Gasteiger partial charge in [0.05, 0.1) is 13.2 Å². The van der Waals surface area contributed by atoms with Crippen molar-refractivity contribution in [2.45, 2.75) is 53.6 Å². The van der Waals surface area contributed by atoms with E-state index in [1.807, 2.05) is 12.1 Å². The quantitative estimate of drug-likeness (QED) is 0.562. The van der Waals surface area contributed by atoms with Crippen LogP contribution < -0.4 is 4.74 Å². The van der Waals surface area contributed by atoms with Gasteiger partial charge >= 0.3 is 12.1 Å². The maximum absolute atomic E-state index is 12.1. The third-order valence-electron chi connectivity index (χ3n) is 4.28. The molecule has 1 N–H and O–H groups in total. The van der Waals surface area contributed by atoms with Crippen molar-refractivity contribution in [3.8, 4) is 5.75 Å². The highest BCUT2D eigenvalue weighted by Crippen LogP contribution is 2.19. The van der Waals surface area contributed by atoms with Crippen molar-refractivity contribution in [3.05, 3.63) is 29.8 Å². The molecule has 0 aliphatic rings. The van der Waals surface area contributed by atoms with Crippen molar-refractivity contribution in [1.82, 2.24) is 4.90 Å². The molecule has 0 aliphatic heterocycles. The highest BCUT2D eigenvalue weighted by Gasteiger charge is 2.19. The number of carbonyl (C=O) groups excluding carboxylic acids is 1. The van der Waals surface area contributed by atoms with E-state index in [1.54, 1.807) is 30.9 Å². The summed E-state index contributed by atoms with van der Waals surface area (Å²) in [6.45, 7) is 12.0. The summed E-state index contributed by atoms with van der Waals surface area (Å²) in [5.74, 6) is -0.307. The molecule has 1 unspecified atom stereocenters. The third-order valence-corrected chi connectivity index (χ3v) is 4.28. The first-order chi connectivity index (χ1) is 13.7. The number of ether oxygens (including phenoxy) is 3. The van der Waals surface area contributed by atoms with E-state index in [-0.39, 0.29) is 11.5 Å². The molecule has 1 rings (SSSR count). The molecule has 0 bridgehead atoms. The van der Waals surface area contributed by atoms with Gasteiger partial charge in [0.25, 0.3) is 0 Å². The molecule has 0 aromatic heterocycles. The number of carbonyl (C=O) groups is 2. The van der Waals surface area contributed by atoms with Gasteiger partial charge in [-0.05, 0) is 43.4 Å². The molecule has 1 atom stereocenters. The zero-order valence-corrected chi connectivity index (χ0v) is 18.3. The lowest BCUT2D eigenvalue weighted by Crippen LogP contribution is -2.37.